The van der Waals surface area contributed by atoms with Crippen LogP contribution in [0.4, 0.5) is 5.00 Å². The average molecular weight is 402 g/mol. The van der Waals surface area contributed by atoms with Gasteiger partial charge in [0, 0.05) is 18.5 Å². The third-order valence-electron chi connectivity index (χ3n) is 3.98. The van der Waals surface area contributed by atoms with Gasteiger partial charge in [-0.3, -0.25) is 14.4 Å². The Balaban J connectivity index is 1.78. The van der Waals surface area contributed by atoms with E-state index in [1.54, 1.807) is 6.07 Å². The molecule has 0 unspecified atom stereocenters. The second-order valence-corrected chi connectivity index (χ2v) is 8.65. The number of amides is 3. The van der Waals surface area contributed by atoms with E-state index in [2.05, 4.69) is 16.0 Å². The molecule has 0 radical (unpaired) electrons. The Morgan fingerprint density at radius 2 is 1.64 bits per heavy atom. The summed E-state index contributed by atoms with van der Waals surface area (Å²) in [6, 6.07) is 11.3. The first kappa shape index (κ1) is 21.6. The van der Waals surface area contributed by atoms with Gasteiger partial charge in [-0.2, -0.15) is 0 Å². The molecule has 7 heteroatoms. The first-order chi connectivity index (χ1) is 13.2. The van der Waals surface area contributed by atoms with Gasteiger partial charge < -0.3 is 16.0 Å². The van der Waals surface area contributed by atoms with Crippen LogP contribution in [0.1, 0.15) is 41.6 Å². The number of hydrogen-bond donors (Lipinski definition) is 3. The quantitative estimate of drug-likeness (QED) is 0.623. The van der Waals surface area contributed by atoms with Crippen LogP contribution < -0.4 is 16.0 Å². The number of carbonyl (C=O) groups is 3. The lowest BCUT2D eigenvalue weighted by Gasteiger charge is -2.16. The van der Waals surface area contributed by atoms with Crippen molar-refractivity contribution in [3.05, 3.63) is 52.4 Å². The third-order valence-corrected chi connectivity index (χ3v) is 5.13. The van der Waals surface area contributed by atoms with Crippen molar-refractivity contribution in [3.8, 4) is 0 Å². The summed E-state index contributed by atoms with van der Waals surface area (Å²) >= 11 is 1.25. The molecule has 3 N–H and O–H groups in total. The molecule has 3 amide bonds. The maximum atomic E-state index is 12.4. The minimum atomic E-state index is -0.502. The molecule has 0 atom stereocenters. The normalized spacial score (nSPS) is 11.0. The number of carbonyl (C=O) groups excluding carboxylic acids is 3. The summed E-state index contributed by atoms with van der Waals surface area (Å²) in [4.78, 5) is 36.9. The van der Waals surface area contributed by atoms with Crippen LogP contribution in [0.25, 0.3) is 0 Å². The van der Waals surface area contributed by atoms with E-state index < -0.39 is 5.41 Å². The third kappa shape index (κ3) is 6.49. The van der Waals surface area contributed by atoms with Gasteiger partial charge in [-0.25, -0.2) is 0 Å². The van der Waals surface area contributed by atoms with Gasteiger partial charge in [0.15, 0.2) is 0 Å². The Morgan fingerprint density at radius 3 is 2.29 bits per heavy atom. The molecule has 150 valence electrons. The van der Waals surface area contributed by atoms with Gasteiger partial charge >= 0.3 is 0 Å². The maximum Gasteiger partial charge on any atom is 0.261 e. The first-order valence-corrected chi connectivity index (χ1v) is 9.99. The van der Waals surface area contributed by atoms with Crippen molar-refractivity contribution in [2.24, 2.45) is 5.41 Å². The molecule has 0 aliphatic heterocycles. The molecule has 0 fully saturated rings. The lowest BCUT2D eigenvalue weighted by Crippen LogP contribution is -2.35. The number of aryl methyl sites for hydroxylation is 1. The van der Waals surface area contributed by atoms with E-state index in [-0.39, 0.29) is 17.7 Å². The molecular weight excluding hydrogens is 374 g/mol. The second-order valence-electron chi connectivity index (χ2n) is 7.60. The van der Waals surface area contributed by atoms with E-state index in [1.807, 2.05) is 58.0 Å². The molecule has 0 bridgehead atoms. The predicted molar refractivity (Wildman–Crippen MR) is 113 cm³/mol. The Kier molecular flexibility index (Phi) is 7.34. The number of thiophene rings is 1. The van der Waals surface area contributed by atoms with E-state index in [9.17, 15) is 14.4 Å². The van der Waals surface area contributed by atoms with Gasteiger partial charge in [-0.05, 0) is 24.1 Å². The van der Waals surface area contributed by atoms with Gasteiger partial charge in [0.05, 0.1) is 16.3 Å². The molecule has 1 aromatic heterocycles. The highest BCUT2D eigenvalue weighted by Crippen LogP contribution is 2.28. The number of benzene rings is 1. The first-order valence-electron chi connectivity index (χ1n) is 9.17. The fourth-order valence-electron chi connectivity index (χ4n) is 2.37. The molecule has 0 saturated carbocycles. The highest BCUT2D eigenvalue weighted by Gasteiger charge is 2.23. The van der Waals surface area contributed by atoms with Crippen molar-refractivity contribution in [3.63, 3.8) is 0 Å². The minimum Gasteiger partial charge on any atom is -0.354 e. The highest BCUT2D eigenvalue weighted by atomic mass is 32.1. The largest absolute Gasteiger partial charge is 0.354 e. The van der Waals surface area contributed by atoms with Crippen LogP contribution in [0.3, 0.4) is 0 Å². The van der Waals surface area contributed by atoms with E-state index in [0.717, 1.165) is 11.1 Å². The van der Waals surface area contributed by atoms with E-state index >= 15 is 0 Å². The molecule has 6 nitrogen and oxygen atoms in total. The van der Waals surface area contributed by atoms with Crippen LogP contribution in [0, 0.1) is 12.3 Å². The summed E-state index contributed by atoms with van der Waals surface area (Å²) in [5, 5.41) is 9.09. The SMILES string of the molecule is Cc1cc(NC(=O)C(C)(C)C)sc1C(=O)NCCNC(=O)Cc1ccccc1. The van der Waals surface area contributed by atoms with E-state index in [0.29, 0.717) is 29.4 Å². The lowest BCUT2D eigenvalue weighted by molar-refractivity contribution is -0.123. The van der Waals surface area contributed by atoms with Gasteiger partial charge in [-0.15, -0.1) is 11.3 Å². The average Bonchev–Trinajstić information content (AvgIpc) is 2.99. The van der Waals surface area contributed by atoms with Crippen LogP contribution >= 0.6 is 11.3 Å². The van der Waals surface area contributed by atoms with E-state index in [4.69, 9.17) is 0 Å². The van der Waals surface area contributed by atoms with Gasteiger partial charge in [0.1, 0.15) is 0 Å². The number of nitrogens with one attached hydrogen (secondary N) is 3. The molecule has 0 spiro atoms. The van der Waals surface area contributed by atoms with Crippen LogP contribution in [0.5, 0.6) is 0 Å². The molecule has 0 aliphatic rings. The molecule has 0 aliphatic carbocycles. The maximum absolute atomic E-state index is 12.4. The van der Waals surface area contributed by atoms with E-state index in [1.165, 1.54) is 11.3 Å². The predicted octanol–water partition coefficient (Wildman–Crippen LogP) is 3.13. The smallest absolute Gasteiger partial charge is 0.261 e. The molecular formula is C21H27N3O3S. The monoisotopic (exact) mass is 401 g/mol. The summed E-state index contributed by atoms with van der Waals surface area (Å²) in [7, 11) is 0. The molecule has 28 heavy (non-hydrogen) atoms. The Morgan fingerprint density at radius 1 is 1.00 bits per heavy atom. The number of rotatable bonds is 7. The zero-order valence-corrected chi connectivity index (χ0v) is 17.5. The zero-order chi connectivity index (χ0) is 20.7. The summed E-state index contributed by atoms with van der Waals surface area (Å²) < 4.78 is 0. The standard InChI is InChI=1S/C21H27N3O3S/c1-14-12-17(24-20(27)21(2,3)4)28-18(14)19(26)23-11-10-22-16(25)13-15-8-6-5-7-9-15/h5-9,12H,10-11,13H2,1-4H3,(H,22,25)(H,23,26)(H,24,27). The Hall–Kier alpha value is -2.67. The van der Waals surface area contributed by atoms with Crippen LogP contribution in [0.15, 0.2) is 36.4 Å². The van der Waals surface area contributed by atoms with Gasteiger partial charge in [-0.1, -0.05) is 51.1 Å². The van der Waals surface area contributed by atoms with Gasteiger partial charge in [0.25, 0.3) is 5.91 Å². The van der Waals surface area contributed by atoms with Crippen LogP contribution in [-0.2, 0) is 16.0 Å². The summed E-state index contributed by atoms with van der Waals surface area (Å²) in [6.45, 7) is 8.03. The lowest BCUT2D eigenvalue weighted by atomic mass is 9.96. The molecule has 0 saturated heterocycles. The van der Waals surface area contributed by atoms with Crippen molar-refractivity contribution >= 4 is 34.1 Å². The van der Waals surface area contributed by atoms with Crippen molar-refractivity contribution in [2.75, 3.05) is 18.4 Å². The van der Waals surface area contributed by atoms with Crippen molar-refractivity contribution < 1.29 is 14.4 Å². The summed E-state index contributed by atoms with van der Waals surface area (Å²) in [5.41, 5.74) is 1.25. The fourth-order valence-corrected chi connectivity index (χ4v) is 3.35. The topological polar surface area (TPSA) is 87.3 Å². The van der Waals surface area contributed by atoms with Crippen LogP contribution in [0.2, 0.25) is 0 Å². The van der Waals surface area contributed by atoms with Crippen molar-refractivity contribution in [1.82, 2.24) is 10.6 Å². The highest BCUT2D eigenvalue weighted by molar-refractivity contribution is 7.18. The summed E-state index contributed by atoms with van der Waals surface area (Å²) in [5.74, 6) is -0.391. The zero-order valence-electron chi connectivity index (χ0n) is 16.7. The Bertz CT molecular complexity index is 838. The molecule has 2 rings (SSSR count). The van der Waals surface area contributed by atoms with Crippen molar-refractivity contribution in [1.29, 1.82) is 0 Å². The fraction of sp³-hybridized carbons (Fsp3) is 0.381. The Labute approximate surface area is 169 Å². The molecule has 1 aromatic carbocycles. The molecule has 2 aromatic rings. The van der Waals surface area contributed by atoms with Crippen LogP contribution in [-0.4, -0.2) is 30.8 Å². The number of anilines is 1. The molecule has 1 heterocycles. The minimum absolute atomic E-state index is 0.0834. The van der Waals surface area contributed by atoms with Gasteiger partial charge in [0.2, 0.25) is 11.8 Å². The summed E-state index contributed by atoms with van der Waals surface area (Å²) in [6.07, 6.45) is 0.315. The second kappa shape index (κ2) is 9.50. The number of hydrogen-bond acceptors (Lipinski definition) is 4. The van der Waals surface area contributed by atoms with Crippen molar-refractivity contribution in [2.45, 2.75) is 34.1 Å².